The number of piperidine rings is 1. The maximum atomic E-state index is 5.41. The summed E-state index contributed by atoms with van der Waals surface area (Å²) in [5.74, 6) is 0. The van der Waals surface area contributed by atoms with Crippen molar-refractivity contribution < 1.29 is 4.74 Å². The molecule has 4 rings (SSSR count). The van der Waals surface area contributed by atoms with Crippen molar-refractivity contribution in [1.29, 1.82) is 0 Å². The van der Waals surface area contributed by atoms with Gasteiger partial charge in [-0.05, 0) is 37.8 Å². The van der Waals surface area contributed by atoms with Gasteiger partial charge in [0.2, 0.25) is 0 Å². The maximum absolute atomic E-state index is 5.41. The quantitative estimate of drug-likeness (QED) is 0.766. The normalized spacial score (nSPS) is 23.6. The first-order chi connectivity index (χ1) is 9.91. The first-order valence-electron chi connectivity index (χ1n) is 8.00. The van der Waals surface area contributed by atoms with Crippen molar-refractivity contribution in [2.75, 3.05) is 26.3 Å². The molecule has 3 heterocycles. The average molecular weight is 280 g/mol. The zero-order valence-electron chi connectivity index (χ0n) is 12.4. The Balaban J connectivity index is 0.000000124. The van der Waals surface area contributed by atoms with Crippen LogP contribution in [0.5, 0.6) is 0 Å². The molecule has 114 valence electrons. The number of nitrogens with zero attached hydrogens (tertiary/aromatic N) is 2. The van der Waals surface area contributed by atoms with Crippen LogP contribution in [0.25, 0.3) is 0 Å². The molecule has 2 aliphatic heterocycles. The number of rotatable bonds is 0. The summed E-state index contributed by atoms with van der Waals surface area (Å²) in [6, 6.07) is 0. The lowest BCUT2D eigenvalue weighted by atomic mass is 9.79. The van der Waals surface area contributed by atoms with Gasteiger partial charge in [-0.3, -0.25) is 0 Å². The van der Waals surface area contributed by atoms with Crippen LogP contribution >= 0.6 is 0 Å². The van der Waals surface area contributed by atoms with Crippen LogP contribution in [-0.2, 0) is 4.74 Å². The largest absolute Gasteiger partial charge is 0.381 e. The van der Waals surface area contributed by atoms with Gasteiger partial charge in [0.15, 0.2) is 0 Å². The predicted octanol–water partition coefficient (Wildman–Crippen LogP) is 2.53. The zero-order valence-corrected chi connectivity index (χ0v) is 12.4. The Morgan fingerprint density at radius 3 is 1.85 bits per heavy atom. The van der Waals surface area contributed by atoms with E-state index in [4.69, 9.17) is 4.74 Å². The molecule has 1 saturated carbocycles. The van der Waals surface area contributed by atoms with Gasteiger partial charge in [-0.25, -0.2) is 0 Å². The molecule has 0 amide bonds. The van der Waals surface area contributed by atoms with Crippen molar-refractivity contribution in [3.05, 3.63) is 12.4 Å². The van der Waals surface area contributed by atoms with Crippen molar-refractivity contribution in [2.24, 2.45) is 5.41 Å². The second-order valence-corrected chi connectivity index (χ2v) is 5.98. The van der Waals surface area contributed by atoms with Crippen molar-refractivity contribution in [2.45, 2.75) is 51.4 Å². The highest BCUT2D eigenvalue weighted by Crippen LogP contribution is 2.36. The third-order valence-corrected chi connectivity index (χ3v) is 4.43. The lowest BCUT2D eigenvalue weighted by Gasteiger charge is -2.31. The molecule has 3 aliphatic rings. The number of ether oxygens (including phenoxy) is 1. The molecule has 1 spiro atoms. The van der Waals surface area contributed by atoms with Crippen molar-refractivity contribution in [1.82, 2.24) is 20.7 Å². The van der Waals surface area contributed by atoms with Crippen LogP contribution in [0, 0.1) is 5.41 Å². The minimum atomic E-state index is 0.589. The van der Waals surface area contributed by atoms with E-state index in [9.17, 15) is 0 Å². The summed E-state index contributed by atoms with van der Waals surface area (Å²) in [5, 5.41) is 12.7. The molecule has 2 N–H and O–H groups in total. The van der Waals surface area contributed by atoms with E-state index in [-0.39, 0.29) is 0 Å². The number of aromatic amines is 1. The molecule has 0 aromatic carbocycles. The van der Waals surface area contributed by atoms with E-state index in [1.165, 1.54) is 64.5 Å². The third-order valence-electron chi connectivity index (χ3n) is 4.43. The van der Waals surface area contributed by atoms with E-state index in [2.05, 4.69) is 20.7 Å². The van der Waals surface area contributed by atoms with Crippen molar-refractivity contribution >= 4 is 0 Å². The summed E-state index contributed by atoms with van der Waals surface area (Å²) in [4.78, 5) is 0. The topological polar surface area (TPSA) is 62.8 Å². The summed E-state index contributed by atoms with van der Waals surface area (Å²) in [6.07, 6.45) is 14.6. The Kier molecular flexibility index (Phi) is 7.01. The molecule has 3 fully saturated rings. The second kappa shape index (κ2) is 9.08. The summed E-state index contributed by atoms with van der Waals surface area (Å²) in [7, 11) is 0. The summed E-state index contributed by atoms with van der Waals surface area (Å²) in [5.41, 5.74) is 0.589. The molecular formula is C15H28N4O. The number of hydrogen-bond acceptors (Lipinski definition) is 4. The molecule has 20 heavy (non-hydrogen) atoms. The lowest BCUT2D eigenvalue weighted by Crippen LogP contribution is -2.36. The van der Waals surface area contributed by atoms with Crippen molar-refractivity contribution in [3.63, 3.8) is 0 Å². The van der Waals surface area contributed by atoms with Gasteiger partial charge in [0, 0.05) is 6.61 Å². The molecule has 0 unspecified atom stereocenters. The highest BCUT2D eigenvalue weighted by atomic mass is 16.5. The Morgan fingerprint density at radius 2 is 1.45 bits per heavy atom. The van der Waals surface area contributed by atoms with Crippen LogP contribution in [0.2, 0.25) is 0 Å². The van der Waals surface area contributed by atoms with E-state index in [1.807, 2.05) is 0 Å². The number of aromatic nitrogens is 3. The summed E-state index contributed by atoms with van der Waals surface area (Å²) >= 11 is 0. The fraction of sp³-hybridized carbons (Fsp3) is 0.867. The van der Waals surface area contributed by atoms with Crippen LogP contribution in [0.3, 0.4) is 0 Å². The molecule has 0 bridgehead atoms. The van der Waals surface area contributed by atoms with Crippen LogP contribution in [0.15, 0.2) is 12.4 Å². The average Bonchev–Trinajstić information content (AvgIpc) is 3.27. The SMILES string of the molecule is C1CC2(CCN1)CCOC2.C1CCCC1.c1cn[nH]n1. The fourth-order valence-corrected chi connectivity index (χ4v) is 3.05. The zero-order chi connectivity index (χ0) is 13.9. The van der Waals surface area contributed by atoms with E-state index >= 15 is 0 Å². The van der Waals surface area contributed by atoms with E-state index < -0.39 is 0 Å². The van der Waals surface area contributed by atoms with Gasteiger partial charge in [0.25, 0.3) is 0 Å². The molecular weight excluding hydrogens is 252 g/mol. The highest BCUT2D eigenvalue weighted by Gasteiger charge is 2.35. The van der Waals surface area contributed by atoms with Gasteiger partial charge in [-0.2, -0.15) is 15.4 Å². The molecule has 5 heteroatoms. The number of hydrogen-bond donors (Lipinski definition) is 2. The maximum Gasteiger partial charge on any atom is 0.0690 e. The highest BCUT2D eigenvalue weighted by molar-refractivity contribution is 4.87. The molecule has 5 nitrogen and oxygen atoms in total. The van der Waals surface area contributed by atoms with Crippen LogP contribution < -0.4 is 5.32 Å². The minimum absolute atomic E-state index is 0.589. The predicted molar refractivity (Wildman–Crippen MR) is 79.4 cm³/mol. The Labute approximate surface area is 121 Å². The van der Waals surface area contributed by atoms with Crippen molar-refractivity contribution in [3.8, 4) is 0 Å². The van der Waals surface area contributed by atoms with E-state index in [1.54, 1.807) is 12.4 Å². The van der Waals surface area contributed by atoms with Gasteiger partial charge in [0.05, 0.1) is 19.0 Å². The summed E-state index contributed by atoms with van der Waals surface area (Å²) < 4.78 is 5.41. The first kappa shape index (κ1) is 15.4. The number of nitrogens with one attached hydrogen (secondary N) is 2. The van der Waals surface area contributed by atoms with Gasteiger partial charge in [-0.1, -0.05) is 32.1 Å². The van der Waals surface area contributed by atoms with Gasteiger partial charge in [-0.15, -0.1) is 0 Å². The van der Waals surface area contributed by atoms with Crippen LogP contribution in [-0.4, -0.2) is 41.7 Å². The number of H-pyrrole nitrogens is 1. The van der Waals surface area contributed by atoms with E-state index in [0.29, 0.717) is 5.41 Å². The third kappa shape index (κ3) is 5.59. The summed E-state index contributed by atoms with van der Waals surface area (Å²) in [6.45, 7) is 4.42. The monoisotopic (exact) mass is 280 g/mol. The molecule has 1 aromatic rings. The first-order valence-corrected chi connectivity index (χ1v) is 8.00. The van der Waals surface area contributed by atoms with Gasteiger partial charge < -0.3 is 10.1 Å². The molecule has 1 aromatic heterocycles. The Morgan fingerprint density at radius 1 is 0.850 bits per heavy atom. The second-order valence-electron chi connectivity index (χ2n) is 5.98. The lowest BCUT2D eigenvalue weighted by molar-refractivity contribution is 0.128. The van der Waals surface area contributed by atoms with Crippen LogP contribution in [0.1, 0.15) is 51.4 Å². The fourth-order valence-electron chi connectivity index (χ4n) is 3.05. The molecule has 2 saturated heterocycles. The van der Waals surface area contributed by atoms with Crippen LogP contribution in [0.4, 0.5) is 0 Å². The van der Waals surface area contributed by atoms with Gasteiger partial charge in [0.1, 0.15) is 0 Å². The standard InChI is InChI=1S/C8H15NO.C5H10.C2H3N3/c1-4-9-5-2-8(1)3-6-10-7-8;2*1-2-4-5-3-1/h9H,1-7H2;1-5H2;1-2H,(H,3,4,5). The Bertz CT molecular complexity index is 286. The Hall–Kier alpha value is -0.940. The smallest absolute Gasteiger partial charge is 0.0690 e. The minimum Gasteiger partial charge on any atom is -0.381 e. The molecule has 1 aliphatic carbocycles. The molecule has 0 atom stereocenters. The van der Waals surface area contributed by atoms with E-state index in [0.717, 1.165) is 13.2 Å². The van der Waals surface area contributed by atoms with Gasteiger partial charge >= 0.3 is 0 Å². The molecule has 0 radical (unpaired) electrons.